The maximum absolute atomic E-state index is 12.4. The zero-order valence-electron chi connectivity index (χ0n) is 17.2. The minimum absolute atomic E-state index is 0.209. The molecule has 8 nitrogen and oxygen atoms in total. The first-order valence-electron chi connectivity index (χ1n) is 10.3. The number of morpholine rings is 1. The van der Waals surface area contributed by atoms with Gasteiger partial charge in [-0.2, -0.15) is 0 Å². The van der Waals surface area contributed by atoms with Gasteiger partial charge in [-0.25, -0.2) is 0 Å². The molecule has 2 aliphatic heterocycles. The Balaban J connectivity index is 1.25. The number of piperazine rings is 1. The molecule has 158 valence electrons. The number of thiophene rings is 1. The molecule has 1 amide bonds. The number of amides is 1. The van der Waals surface area contributed by atoms with E-state index in [0.29, 0.717) is 51.2 Å². The van der Waals surface area contributed by atoms with Crippen molar-refractivity contribution in [3.63, 3.8) is 0 Å². The fourth-order valence-corrected chi connectivity index (χ4v) is 4.83. The van der Waals surface area contributed by atoms with E-state index in [2.05, 4.69) is 39.9 Å². The van der Waals surface area contributed by atoms with Crippen molar-refractivity contribution in [1.82, 2.24) is 24.9 Å². The van der Waals surface area contributed by atoms with Gasteiger partial charge in [0.25, 0.3) is 5.89 Å². The van der Waals surface area contributed by atoms with E-state index in [1.807, 2.05) is 4.90 Å². The Morgan fingerprint density at radius 3 is 2.52 bits per heavy atom. The fourth-order valence-electron chi connectivity index (χ4n) is 3.79. The van der Waals surface area contributed by atoms with Crippen molar-refractivity contribution in [2.75, 3.05) is 59.0 Å². The van der Waals surface area contributed by atoms with E-state index in [1.54, 1.807) is 11.3 Å². The number of hydrogen-bond acceptors (Lipinski definition) is 8. The van der Waals surface area contributed by atoms with Crippen LogP contribution in [0.15, 0.2) is 10.5 Å². The van der Waals surface area contributed by atoms with Gasteiger partial charge in [0, 0.05) is 44.1 Å². The Kier molecular flexibility index (Phi) is 6.59. The molecule has 0 saturated carbocycles. The summed E-state index contributed by atoms with van der Waals surface area (Å²) in [5.41, 5.74) is 1.29. The van der Waals surface area contributed by atoms with Gasteiger partial charge in [-0.1, -0.05) is 6.92 Å². The highest BCUT2D eigenvalue weighted by atomic mass is 32.1. The molecule has 0 atom stereocenters. The average Bonchev–Trinajstić information content (AvgIpc) is 3.36. The summed E-state index contributed by atoms with van der Waals surface area (Å²) >= 11 is 1.73. The Bertz CT molecular complexity index is 822. The third-order valence-electron chi connectivity index (χ3n) is 5.57. The molecule has 0 aliphatic carbocycles. The first kappa shape index (κ1) is 20.5. The predicted octanol–water partition coefficient (Wildman–Crippen LogP) is 1.65. The summed E-state index contributed by atoms with van der Waals surface area (Å²) in [4.78, 5) is 21.3. The van der Waals surface area contributed by atoms with Crippen LogP contribution in [0.4, 0.5) is 0 Å². The van der Waals surface area contributed by atoms with Gasteiger partial charge < -0.3 is 14.1 Å². The van der Waals surface area contributed by atoms with Gasteiger partial charge in [0.05, 0.1) is 31.2 Å². The molecule has 0 radical (unpaired) electrons. The lowest BCUT2D eigenvalue weighted by atomic mass is 10.2. The molecule has 0 spiro atoms. The smallest absolute Gasteiger partial charge is 0.257 e. The predicted molar refractivity (Wildman–Crippen MR) is 111 cm³/mol. The average molecular weight is 420 g/mol. The third kappa shape index (κ3) is 5.03. The van der Waals surface area contributed by atoms with Crippen LogP contribution in [-0.2, 0) is 22.5 Å². The maximum Gasteiger partial charge on any atom is 0.257 e. The number of ether oxygens (including phenoxy) is 1. The second-order valence-electron chi connectivity index (χ2n) is 7.62. The molecule has 0 unspecified atom stereocenters. The van der Waals surface area contributed by atoms with E-state index < -0.39 is 0 Å². The largest absolute Gasteiger partial charge is 0.419 e. The summed E-state index contributed by atoms with van der Waals surface area (Å²) in [6, 6.07) is 2.13. The van der Waals surface area contributed by atoms with Gasteiger partial charge in [0.1, 0.15) is 0 Å². The molecule has 0 bridgehead atoms. The van der Waals surface area contributed by atoms with E-state index in [9.17, 15) is 4.79 Å². The molecule has 29 heavy (non-hydrogen) atoms. The number of rotatable bonds is 6. The number of aryl methyl sites for hydroxylation is 2. The molecule has 0 N–H and O–H groups in total. The Morgan fingerprint density at radius 1 is 1.10 bits per heavy atom. The molecule has 2 aromatic heterocycles. The van der Waals surface area contributed by atoms with Gasteiger partial charge >= 0.3 is 0 Å². The Hall–Kier alpha value is -1.81. The lowest BCUT2D eigenvalue weighted by Gasteiger charge is -2.35. The minimum Gasteiger partial charge on any atom is -0.419 e. The zero-order valence-corrected chi connectivity index (χ0v) is 18.0. The summed E-state index contributed by atoms with van der Waals surface area (Å²) < 4.78 is 11.2. The van der Waals surface area contributed by atoms with Crippen LogP contribution in [0.5, 0.6) is 0 Å². The van der Waals surface area contributed by atoms with Crippen molar-refractivity contribution in [2.45, 2.75) is 26.8 Å². The topological polar surface area (TPSA) is 74.9 Å². The number of nitrogens with zero attached hydrogens (tertiary/aromatic N) is 5. The summed E-state index contributed by atoms with van der Waals surface area (Å²) in [6.07, 6.45) is 1.02. The highest BCUT2D eigenvalue weighted by Crippen LogP contribution is 2.30. The van der Waals surface area contributed by atoms with Crippen LogP contribution < -0.4 is 0 Å². The SMILES string of the molecule is CCc1sc(-c2nnc(CN3CCN(CC(=O)N4CCOCC4)CC3)o2)cc1C. The van der Waals surface area contributed by atoms with E-state index in [0.717, 1.165) is 37.5 Å². The van der Waals surface area contributed by atoms with Crippen LogP contribution in [0.2, 0.25) is 0 Å². The molecule has 9 heteroatoms. The van der Waals surface area contributed by atoms with Gasteiger partial charge in [0.2, 0.25) is 11.8 Å². The van der Waals surface area contributed by atoms with Gasteiger partial charge in [-0.05, 0) is 25.0 Å². The number of carbonyl (C=O) groups excluding carboxylic acids is 1. The van der Waals surface area contributed by atoms with E-state index in [1.165, 1.54) is 10.4 Å². The van der Waals surface area contributed by atoms with Crippen LogP contribution >= 0.6 is 11.3 Å². The summed E-state index contributed by atoms with van der Waals surface area (Å²) in [5.74, 6) is 1.48. The van der Waals surface area contributed by atoms with Gasteiger partial charge in [-0.15, -0.1) is 21.5 Å². The van der Waals surface area contributed by atoms with Crippen LogP contribution in [0.1, 0.15) is 23.3 Å². The molecule has 2 aromatic rings. The van der Waals surface area contributed by atoms with Crippen molar-refractivity contribution < 1.29 is 13.9 Å². The third-order valence-corrected chi connectivity index (χ3v) is 6.94. The quantitative estimate of drug-likeness (QED) is 0.705. The monoisotopic (exact) mass is 419 g/mol. The summed E-state index contributed by atoms with van der Waals surface area (Å²) in [5, 5.41) is 8.49. The molecule has 2 aliphatic rings. The van der Waals surface area contributed by atoms with Gasteiger partial charge in [-0.3, -0.25) is 14.6 Å². The number of aromatic nitrogens is 2. The normalized spacial score (nSPS) is 19.0. The summed E-state index contributed by atoms with van der Waals surface area (Å²) in [7, 11) is 0. The van der Waals surface area contributed by atoms with Crippen LogP contribution in [0, 0.1) is 6.92 Å². The van der Waals surface area contributed by atoms with E-state index in [4.69, 9.17) is 9.15 Å². The lowest BCUT2D eigenvalue weighted by Crippen LogP contribution is -2.51. The zero-order chi connectivity index (χ0) is 20.2. The Labute approximate surface area is 175 Å². The lowest BCUT2D eigenvalue weighted by molar-refractivity contribution is -0.136. The molecular weight excluding hydrogens is 390 g/mol. The fraction of sp³-hybridized carbons (Fsp3) is 0.650. The maximum atomic E-state index is 12.4. The van der Waals surface area contributed by atoms with Crippen molar-refractivity contribution in [3.8, 4) is 10.8 Å². The Morgan fingerprint density at radius 2 is 1.83 bits per heavy atom. The second kappa shape index (κ2) is 9.34. The minimum atomic E-state index is 0.209. The van der Waals surface area contributed by atoms with E-state index in [-0.39, 0.29) is 5.91 Å². The van der Waals surface area contributed by atoms with Gasteiger partial charge in [0.15, 0.2) is 0 Å². The summed E-state index contributed by atoms with van der Waals surface area (Å²) in [6.45, 7) is 11.7. The standard InChI is InChI=1S/C20H29N5O3S/c1-3-16-15(2)12-17(29-16)20-22-21-18(28-20)13-23-4-6-24(7-5-23)14-19(26)25-8-10-27-11-9-25/h12H,3-11,13-14H2,1-2H3. The molecule has 4 heterocycles. The van der Waals surface area contributed by atoms with Crippen molar-refractivity contribution in [3.05, 3.63) is 22.4 Å². The first-order valence-corrected chi connectivity index (χ1v) is 11.2. The molecular formula is C20H29N5O3S. The second-order valence-corrected chi connectivity index (χ2v) is 8.75. The first-order chi connectivity index (χ1) is 14.1. The molecule has 4 rings (SSSR count). The molecule has 2 saturated heterocycles. The molecule has 2 fully saturated rings. The van der Waals surface area contributed by atoms with Crippen LogP contribution in [0.25, 0.3) is 10.8 Å². The van der Waals surface area contributed by atoms with Crippen LogP contribution in [0.3, 0.4) is 0 Å². The van der Waals surface area contributed by atoms with Crippen molar-refractivity contribution >= 4 is 17.2 Å². The van der Waals surface area contributed by atoms with Crippen molar-refractivity contribution in [2.24, 2.45) is 0 Å². The highest BCUT2D eigenvalue weighted by Gasteiger charge is 2.24. The van der Waals surface area contributed by atoms with E-state index >= 15 is 0 Å². The number of hydrogen-bond donors (Lipinski definition) is 0. The molecule has 0 aromatic carbocycles. The van der Waals surface area contributed by atoms with Crippen molar-refractivity contribution in [1.29, 1.82) is 0 Å². The van der Waals surface area contributed by atoms with Crippen LogP contribution in [-0.4, -0.2) is 89.8 Å². The highest BCUT2D eigenvalue weighted by molar-refractivity contribution is 7.15. The number of carbonyl (C=O) groups is 1.